The van der Waals surface area contributed by atoms with Gasteiger partial charge in [-0.1, -0.05) is 20.8 Å². The first kappa shape index (κ1) is 12.5. The highest BCUT2D eigenvalue weighted by Crippen LogP contribution is 2.16. The predicted molar refractivity (Wildman–Crippen MR) is 54.5 cm³/mol. The molecule has 0 unspecified atom stereocenters. The van der Waals surface area contributed by atoms with Crippen molar-refractivity contribution in [1.29, 1.82) is 0 Å². The zero-order chi connectivity index (χ0) is 10.6. The maximum atomic E-state index is 11.5. The Morgan fingerprint density at radius 2 is 1.69 bits per heavy atom. The molecule has 2 heteroatoms. The highest BCUT2D eigenvalue weighted by atomic mass is 16.6. The lowest BCUT2D eigenvalue weighted by atomic mass is 9.99. The monoisotopic (exact) mass is 186 g/mol. The number of rotatable bonds is 3. The Morgan fingerprint density at radius 3 is 2.00 bits per heavy atom. The SMILES string of the molecule is CC(C)C[C@@H](C)C(=O)OC(C)(C)C. The third-order valence-corrected chi connectivity index (χ3v) is 1.63. The molecule has 0 aromatic carbocycles. The van der Waals surface area contributed by atoms with Crippen LogP contribution in [0.4, 0.5) is 0 Å². The van der Waals surface area contributed by atoms with Gasteiger partial charge < -0.3 is 4.74 Å². The maximum Gasteiger partial charge on any atom is 0.309 e. The number of ether oxygens (including phenoxy) is 1. The van der Waals surface area contributed by atoms with E-state index in [0.29, 0.717) is 5.92 Å². The van der Waals surface area contributed by atoms with Gasteiger partial charge in [0.05, 0.1) is 5.92 Å². The van der Waals surface area contributed by atoms with E-state index in [9.17, 15) is 4.79 Å². The molecule has 0 bridgehead atoms. The topological polar surface area (TPSA) is 26.3 Å². The van der Waals surface area contributed by atoms with Gasteiger partial charge in [-0.3, -0.25) is 4.79 Å². The van der Waals surface area contributed by atoms with E-state index in [1.165, 1.54) is 0 Å². The molecule has 0 radical (unpaired) electrons. The van der Waals surface area contributed by atoms with Crippen molar-refractivity contribution in [2.24, 2.45) is 11.8 Å². The van der Waals surface area contributed by atoms with Crippen molar-refractivity contribution in [3.05, 3.63) is 0 Å². The van der Waals surface area contributed by atoms with Crippen LogP contribution in [0, 0.1) is 11.8 Å². The maximum absolute atomic E-state index is 11.5. The van der Waals surface area contributed by atoms with Crippen molar-refractivity contribution in [3.63, 3.8) is 0 Å². The Morgan fingerprint density at radius 1 is 1.23 bits per heavy atom. The quantitative estimate of drug-likeness (QED) is 0.633. The van der Waals surface area contributed by atoms with E-state index in [1.54, 1.807) is 0 Å². The molecular weight excluding hydrogens is 164 g/mol. The Kier molecular flexibility index (Phi) is 4.45. The summed E-state index contributed by atoms with van der Waals surface area (Å²) in [5.74, 6) is 0.475. The zero-order valence-corrected chi connectivity index (χ0v) is 9.68. The first-order valence-corrected chi connectivity index (χ1v) is 4.95. The highest BCUT2D eigenvalue weighted by Gasteiger charge is 2.21. The van der Waals surface area contributed by atoms with Crippen molar-refractivity contribution in [3.8, 4) is 0 Å². The van der Waals surface area contributed by atoms with Crippen molar-refractivity contribution >= 4 is 5.97 Å². The molecule has 0 fully saturated rings. The smallest absolute Gasteiger partial charge is 0.309 e. The van der Waals surface area contributed by atoms with Gasteiger partial charge in [-0.05, 0) is 33.1 Å². The molecule has 0 N–H and O–H groups in total. The van der Waals surface area contributed by atoms with Crippen molar-refractivity contribution in [2.75, 3.05) is 0 Å². The molecule has 78 valence electrons. The molecule has 0 rings (SSSR count). The van der Waals surface area contributed by atoms with Gasteiger partial charge in [0.25, 0.3) is 0 Å². The summed E-state index contributed by atoms with van der Waals surface area (Å²) in [7, 11) is 0. The molecule has 0 amide bonds. The van der Waals surface area contributed by atoms with Crippen molar-refractivity contribution in [1.82, 2.24) is 0 Å². The highest BCUT2D eigenvalue weighted by molar-refractivity contribution is 5.72. The van der Waals surface area contributed by atoms with Crippen LogP contribution in [0.5, 0.6) is 0 Å². The number of hydrogen-bond acceptors (Lipinski definition) is 2. The van der Waals surface area contributed by atoms with Gasteiger partial charge in [0.1, 0.15) is 5.60 Å². The Bertz CT molecular complexity index is 165. The lowest BCUT2D eigenvalue weighted by Gasteiger charge is -2.22. The fourth-order valence-corrected chi connectivity index (χ4v) is 1.21. The summed E-state index contributed by atoms with van der Waals surface area (Å²) < 4.78 is 5.26. The molecule has 0 aliphatic heterocycles. The predicted octanol–water partition coefficient (Wildman–Crippen LogP) is 3.01. The largest absolute Gasteiger partial charge is 0.460 e. The van der Waals surface area contributed by atoms with Gasteiger partial charge in [0.2, 0.25) is 0 Å². The second-order valence-corrected chi connectivity index (χ2v) is 5.06. The molecule has 1 atom stereocenters. The molecule has 0 aromatic rings. The summed E-state index contributed by atoms with van der Waals surface area (Å²) >= 11 is 0. The molecule has 0 spiro atoms. The van der Waals surface area contributed by atoms with Gasteiger partial charge in [0.15, 0.2) is 0 Å². The third kappa shape index (κ3) is 6.62. The molecule has 2 nitrogen and oxygen atoms in total. The first-order valence-electron chi connectivity index (χ1n) is 4.95. The van der Waals surface area contributed by atoms with Crippen LogP contribution in [0.15, 0.2) is 0 Å². The van der Waals surface area contributed by atoms with Gasteiger partial charge in [-0.25, -0.2) is 0 Å². The minimum atomic E-state index is -0.359. The standard InChI is InChI=1S/C11H22O2/c1-8(2)7-9(3)10(12)13-11(4,5)6/h8-9H,7H2,1-6H3/t9-/m1/s1. The molecule has 0 aromatic heterocycles. The summed E-state index contributed by atoms with van der Waals surface area (Å²) in [5, 5.41) is 0. The Balaban J connectivity index is 3.97. The van der Waals surface area contributed by atoms with Crippen LogP contribution in [0.25, 0.3) is 0 Å². The minimum Gasteiger partial charge on any atom is -0.460 e. The lowest BCUT2D eigenvalue weighted by molar-refractivity contribution is -0.159. The summed E-state index contributed by atoms with van der Waals surface area (Å²) in [4.78, 5) is 11.5. The van der Waals surface area contributed by atoms with Crippen LogP contribution >= 0.6 is 0 Å². The minimum absolute atomic E-state index is 0.0132. The molecule has 0 saturated carbocycles. The van der Waals surface area contributed by atoms with E-state index in [-0.39, 0.29) is 17.5 Å². The Hall–Kier alpha value is -0.530. The molecule has 13 heavy (non-hydrogen) atoms. The lowest BCUT2D eigenvalue weighted by Crippen LogP contribution is -2.28. The van der Waals surface area contributed by atoms with E-state index in [2.05, 4.69) is 13.8 Å². The van der Waals surface area contributed by atoms with Crippen molar-refractivity contribution in [2.45, 2.75) is 53.6 Å². The third-order valence-electron chi connectivity index (χ3n) is 1.63. The zero-order valence-electron chi connectivity index (χ0n) is 9.68. The average molecular weight is 186 g/mol. The van der Waals surface area contributed by atoms with Crippen LogP contribution in [0.2, 0.25) is 0 Å². The number of carbonyl (C=O) groups excluding carboxylic acids is 1. The molecule has 0 saturated heterocycles. The summed E-state index contributed by atoms with van der Waals surface area (Å²) in [6, 6.07) is 0. The summed E-state index contributed by atoms with van der Waals surface area (Å²) in [6.45, 7) is 11.8. The number of carbonyl (C=O) groups is 1. The van der Waals surface area contributed by atoms with Gasteiger partial charge in [-0.2, -0.15) is 0 Å². The van der Waals surface area contributed by atoms with Crippen LogP contribution in [0.1, 0.15) is 48.0 Å². The van der Waals surface area contributed by atoms with E-state index in [0.717, 1.165) is 6.42 Å². The van der Waals surface area contributed by atoms with E-state index in [1.807, 2.05) is 27.7 Å². The number of esters is 1. The van der Waals surface area contributed by atoms with E-state index < -0.39 is 0 Å². The second-order valence-electron chi connectivity index (χ2n) is 5.06. The van der Waals surface area contributed by atoms with Gasteiger partial charge >= 0.3 is 5.97 Å². The fourth-order valence-electron chi connectivity index (χ4n) is 1.21. The van der Waals surface area contributed by atoms with Crippen LogP contribution in [-0.4, -0.2) is 11.6 Å². The molecule has 0 heterocycles. The summed E-state index contributed by atoms with van der Waals surface area (Å²) in [6.07, 6.45) is 0.898. The van der Waals surface area contributed by atoms with Crippen molar-refractivity contribution < 1.29 is 9.53 Å². The Labute approximate surface area is 81.7 Å². The van der Waals surface area contributed by atoms with E-state index in [4.69, 9.17) is 4.74 Å². The van der Waals surface area contributed by atoms with Crippen LogP contribution in [-0.2, 0) is 9.53 Å². The van der Waals surface area contributed by atoms with E-state index >= 15 is 0 Å². The second kappa shape index (κ2) is 4.64. The molecular formula is C11H22O2. The molecule has 0 aliphatic carbocycles. The van der Waals surface area contributed by atoms with Gasteiger partial charge in [0, 0.05) is 0 Å². The summed E-state index contributed by atoms with van der Waals surface area (Å²) in [5.41, 5.74) is -0.359. The first-order chi connectivity index (χ1) is 5.72. The van der Waals surface area contributed by atoms with Crippen LogP contribution < -0.4 is 0 Å². The molecule has 0 aliphatic rings. The van der Waals surface area contributed by atoms with Gasteiger partial charge in [-0.15, -0.1) is 0 Å². The number of hydrogen-bond donors (Lipinski definition) is 0. The normalized spacial score (nSPS) is 14.4. The van der Waals surface area contributed by atoms with Crippen LogP contribution in [0.3, 0.4) is 0 Å². The fraction of sp³-hybridized carbons (Fsp3) is 0.909. The average Bonchev–Trinajstić information content (AvgIpc) is 1.81.